The smallest absolute Gasteiger partial charge is 0.306 e. The lowest BCUT2D eigenvalue weighted by Crippen LogP contribution is -2.29. The van der Waals surface area contributed by atoms with E-state index in [2.05, 4.69) is 58.6 Å². The number of likely N-dealkylation sites (N-methyl/N-ethyl adjacent to an activating group) is 2. The first-order valence-electron chi connectivity index (χ1n) is 26.0. The van der Waals surface area contributed by atoms with Gasteiger partial charge in [0.2, 0.25) is 0 Å². The van der Waals surface area contributed by atoms with Crippen molar-refractivity contribution in [1.29, 1.82) is 0 Å². The second-order valence-corrected chi connectivity index (χ2v) is 18.7. The Morgan fingerprint density at radius 3 is 1.15 bits per heavy atom. The Morgan fingerprint density at radius 1 is 0.383 bits per heavy atom. The highest BCUT2D eigenvalue weighted by atomic mass is 16.5. The minimum Gasteiger partial charge on any atom is -0.466 e. The van der Waals surface area contributed by atoms with E-state index >= 15 is 0 Å². The molecule has 0 aromatic carbocycles. The zero-order valence-electron chi connectivity index (χ0n) is 41.2. The van der Waals surface area contributed by atoms with Crippen molar-refractivity contribution in [3.8, 4) is 0 Å². The number of esters is 3. The second-order valence-electron chi connectivity index (χ2n) is 18.7. The van der Waals surface area contributed by atoms with E-state index in [0.717, 1.165) is 116 Å². The van der Waals surface area contributed by atoms with Crippen molar-refractivity contribution in [3.05, 3.63) is 0 Å². The number of unbranched alkanes of at least 4 members (excludes halogenated alkanes) is 16. The molecule has 0 saturated carbocycles. The maximum absolute atomic E-state index is 12.9. The summed E-state index contributed by atoms with van der Waals surface area (Å²) in [7, 11) is 6.29. The molecule has 0 saturated heterocycles. The van der Waals surface area contributed by atoms with E-state index in [0.29, 0.717) is 44.3 Å². The SMILES string of the molecule is CCCCCC(CCCCC)CCOC(=O)CCCCCCCC(CCCCCCCC(=O)OCCC(CCCCC)CCCCC)OC(=O)CCCN(C)CCN(C)C. The highest BCUT2D eigenvalue weighted by molar-refractivity contribution is 5.70. The molecule has 0 aliphatic heterocycles. The Labute approximate surface area is 373 Å². The quantitative estimate of drug-likeness (QED) is 0.0340. The fourth-order valence-electron chi connectivity index (χ4n) is 8.25. The molecule has 0 N–H and O–H groups in total. The Balaban J connectivity index is 4.53. The van der Waals surface area contributed by atoms with Gasteiger partial charge in [0.15, 0.2) is 0 Å². The van der Waals surface area contributed by atoms with Crippen LogP contribution in [0.3, 0.4) is 0 Å². The fraction of sp³-hybridized carbons (Fsp3) is 0.942. The van der Waals surface area contributed by atoms with Crippen LogP contribution >= 0.6 is 0 Å². The summed E-state index contributed by atoms with van der Waals surface area (Å²) in [5.41, 5.74) is 0. The average Bonchev–Trinajstić information content (AvgIpc) is 3.22. The molecule has 356 valence electrons. The van der Waals surface area contributed by atoms with Gasteiger partial charge in [-0.2, -0.15) is 0 Å². The normalized spacial score (nSPS) is 11.8. The first-order valence-corrected chi connectivity index (χ1v) is 26.0. The van der Waals surface area contributed by atoms with Crippen LogP contribution in [-0.4, -0.2) is 87.8 Å². The minimum absolute atomic E-state index is 0.0329. The van der Waals surface area contributed by atoms with E-state index in [-0.39, 0.29) is 24.0 Å². The minimum atomic E-state index is -0.0699. The van der Waals surface area contributed by atoms with E-state index in [4.69, 9.17) is 14.2 Å². The molecular formula is C52H102N2O6. The van der Waals surface area contributed by atoms with E-state index in [1.165, 1.54) is 103 Å². The van der Waals surface area contributed by atoms with Crippen LogP contribution in [0, 0.1) is 11.8 Å². The number of hydrogen-bond acceptors (Lipinski definition) is 8. The van der Waals surface area contributed by atoms with Crippen molar-refractivity contribution in [2.24, 2.45) is 11.8 Å². The lowest BCUT2D eigenvalue weighted by molar-refractivity contribution is -0.150. The number of ether oxygens (including phenoxy) is 3. The van der Waals surface area contributed by atoms with Gasteiger partial charge in [0.1, 0.15) is 6.10 Å². The third-order valence-corrected chi connectivity index (χ3v) is 12.4. The Morgan fingerprint density at radius 2 is 0.750 bits per heavy atom. The van der Waals surface area contributed by atoms with Gasteiger partial charge in [0.25, 0.3) is 0 Å². The Kier molecular flexibility index (Phi) is 42.7. The van der Waals surface area contributed by atoms with Crippen LogP contribution < -0.4 is 0 Å². The predicted octanol–water partition coefficient (Wildman–Crippen LogP) is 14.1. The first kappa shape index (κ1) is 58.3. The van der Waals surface area contributed by atoms with Crippen molar-refractivity contribution in [3.63, 3.8) is 0 Å². The molecule has 0 heterocycles. The van der Waals surface area contributed by atoms with Crippen LogP contribution in [-0.2, 0) is 28.6 Å². The van der Waals surface area contributed by atoms with Gasteiger partial charge in [0, 0.05) is 32.4 Å². The maximum atomic E-state index is 12.9. The van der Waals surface area contributed by atoms with Gasteiger partial charge >= 0.3 is 17.9 Å². The average molecular weight is 851 g/mol. The molecule has 0 amide bonds. The molecule has 0 aliphatic rings. The highest BCUT2D eigenvalue weighted by Crippen LogP contribution is 2.23. The maximum Gasteiger partial charge on any atom is 0.306 e. The number of hydrogen-bond donors (Lipinski definition) is 0. The van der Waals surface area contributed by atoms with Crippen molar-refractivity contribution in [1.82, 2.24) is 9.80 Å². The first-order chi connectivity index (χ1) is 29.1. The third-order valence-electron chi connectivity index (χ3n) is 12.4. The molecule has 0 atom stereocenters. The van der Waals surface area contributed by atoms with Crippen molar-refractivity contribution >= 4 is 17.9 Å². The number of carbonyl (C=O) groups is 3. The lowest BCUT2D eigenvalue weighted by atomic mass is 9.92. The highest BCUT2D eigenvalue weighted by Gasteiger charge is 2.16. The molecule has 0 spiro atoms. The van der Waals surface area contributed by atoms with Crippen LogP contribution in [0.25, 0.3) is 0 Å². The van der Waals surface area contributed by atoms with Gasteiger partial charge in [-0.1, -0.05) is 169 Å². The van der Waals surface area contributed by atoms with Crippen LogP contribution in [0.5, 0.6) is 0 Å². The Bertz CT molecular complexity index is 885. The molecule has 60 heavy (non-hydrogen) atoms. The van der Waals surface area contributed by atoms with Crippen molar-refractivity contribution in [2.45, 2.75) is 252 Å². The summed E-state index contributed by atoms with van der Waals surface area (Å²) in [6.45, 7) is 13.1. The largest absolute Gasteiger partial charge is 0.466 e. The molecule has 0 aromatic heterocycles. The number of nitrogens with zero attached hydrogens (tertiary/aromatic N) is 2. The molecule has 0 bridgehead atoms. The molecule has 0 rings (SSSR count). The van der Waals surface area contributed by atoms with E-state index in [9.17, 15) is 14.4 Å². The summed E-state index contributed by atoms with van der Waals surface area (Å²) in [6, 6.07) is 0. The van der Waals surface area contributed by atoms with E-state index < -0.39 is 0 Å². The fourth-order valence-corrected chi connectivity index (χ4v) is 8.25. The topological polar surface area (TPSA) is 85.4 Å². The van der Waals surface area contributed by atoms with Gasteiger partial charge in [-0.05, 0) is 97.3 Å². The van der Waals surface area contributed by atoms with Crippen LogP contribution in [0.4, 0.5) is 0 Å². The molecule has 0 aromatic rings. The van der Waals surface area contributed by atoms with Crippen LogP contribution in [0.2, 0.25) is 0 Å². The van der Waals surface area contributed by atoms with Gasteiger partial charge in [0.05, 0.1) is 13.2 Å². The molecule has 8 nitrogen and oxygen atoms in total. The summed E-state index contributed by atoms with van der Waals surface area (Å²) < 4.78 is 17.4. The summed E-state index contributed by atoms with van der Waals surface area (Å²) in [6.07, 6.45) is 36.8. The molecular weight excluding hydrogens is 749 g/mol. The summed E-state index contributed by atoms with van der Waals surface area (Å²) >= 11 is 0. The molecule has 8 heteroatoms. The van der Waals surface area contributed by atoms with Gasteiger partial charge in [-0.25, -0.2) is 0 Å². The Hall–Kier alpha value is -1.67. The zero-order valence-corrected chi connectivity index (χ0v) is 41.2. The van der Waals surface area contributed by atoms with E-state index in [1.54, 1.807) is 0 Å². The standard InChI is InChI=1S/C52H102N2O6/c1-8-12-22-31-47(32-23-13-9-2)40-45-58-50(55)37-28-20-16-18-26-35-49(60-52(57)39-30-42-54(7)44-43-53(5)6)36-27-19-17-21-29-38-51(56)59-46-41-48(33-24-14-10-3)34-25-15-11-4/h47-49H,8-46H2,1-7H3. The summed E-state index contributed by atoms with van der Waals surface area (Å²) in [5, 5.41) is 0. The van der Waals surface area contributed by atoms with Gasteiger partial charge < -0.3 is 24.0 Å². The van der Waals surface area contributed by atoms with Crippen LogP contribution in [0.1, 0.15) is 246 Å². The van der Waals surface area contributed by atoms with Gasteiger partial charge in [-0.3, -0.25) is 14.4 Å². The third kappa shape index (κ3) is 40.4. The van der Waals surface area contributed by atoms with Crippen molar-refractivity contribution in [2.75, 3.05) is 54.0 Å². The van der Waals surface area contributed by atoms with E-state index in [1.807, 2.05) is 0 Å². The second kappa shape index (κ2) is 44.0. The summed E-state index contributed by atoms with van der Waals surface area (Å²) in [5.74, 6) is 1.23. The molecule has 0 aliphatic carbocycles. The monoisotopic (exact) mass is 851 g/mol. The van der Waals surface area contributed by atoms with Crippen LogP contribution in [0.15, 0.2) is 0 Å². The van der Waals surface area contributed by atoms with Crippen molar-refractivity contribution < 1.29 is 28.6 Å². The molecule has 0 unspecified atom stereocenters. The zero-order chi connectivity index (χ0) is 44.3. The molecule has 0 fully saturated rings. The number of carbonyl (C=O) groups excluding carboxylic acids is 3. The summed E-state index contributed by atoms with van der Waals surface area (Å²) in [4.78, 5) is 42.2. The lowest BCUT2D eigenvalue weighted by Gasteiger charge is -2.20. The predicted molar refractivity (Wildman–Crippen MR) is 255 cm³/mol. The number of rotatable bonds is 46. The van der Waals surface area contributed by atoms with Gasteiger partial charge in [-0.15, -0.1) is 0 Å². The molecule has 0 radical (unpaired) electrons.